The molecule has 0 radical (unpaired) electrons. The summed E-state index contributed by atoms with van der Waals surface area (Å²) in [5, 5.41) is 14.8. The first-order valence-corrected chi connectivity index (χ1v) is 4.88. The van der Waals surface area contributed by atoms with E-state index in [2.05, 4.69) is 11.9 Å². The minimum absolute atomic E-state index is 0.315. The monoisotopic (exact) mass is 199 g/mol. The van der Waals surface area contributed by atoms with E-state index in [0.717, 1.165) is 23.0 Å². The summed E-state index contributed by atoms with van der Waals surface area (Å²) in [6.45, 7) is 4.38. The molecule has 0 atom stereocenters. The van der Waals surface area contributed by atoms with E-state index in [-0.39, 0.29) is 0 Å². The SMILES string of the molecule is C=CCNc1cccc2c(O)cccc12. The highest BCUT2D eigenvalue weighted by atomic mass is 16.3. The van der Waals surface area contributed by atoms with Crippen LogP contribution in [0.15, 0.2) is 49.1 Å². The Morgan fingerprint density at radius 3 is 2.67 bits per heavy atom. The number of aromatic hydroxyl groups is 1. The standard InChI is InChI=1S/C13H13NO/c1-2-9-14-12-7-3-6-11-10(12)5-4-8-13(11)15/h2-8,14-15H,1,9H2. The molecule has 0 aromatic heterocycles. The minimum Gasteiger partial charge on any atom is -0.507 e. The van der Waals surface area contributed by atoms with Gasteiger partial charge in [0.1, 0.15) is 5.75 Å². The molecule has 2 aromatic rings. The van der Waals surface area contributed by atoms with Gasteiger partial charge in [-0.1, -0.05) is 30.3 Å². The maximum absolute atomic E-state index is 9.67. The zero-order valence-electron chi connectivity index (χ0n) is 8.40. The molecular formula is C13H13NO. The number of fused-ring (bicyclic) bond motifs is 1. The van der Waals surface area contributed by atoms with Crippen molar-refractivity contribution in [3.05, 3.63) is 49.1 Å². The Kier molecular flexibility index (Phi) is 2.59. The van der Waals surface area contributed by atoms with E-state index in [4.69, 9.17) is 0 Å². The molecule has 2 heteroatoms. The van der Waals surface area contributed by atoms with Gasteiger partial charge in [0.25, 0.3) is 0 Å². The third-order valence-corrected chi connectivity index (χ3v) is 2.34. The van der Waals surface area contributed by atoms with E-state index in [0.29, 0.717) is 5.75 Å². The third-order valence-electron chi connectivity index (χ3n) is 2.34. The lowest BCUT2D eigenvalue weighted by Gasteiger charge is -2.08. The van der Waals surface area contributed by atoms with Crippen LogP contribution < -0.4 is 5.32 Å². The zero-order chi connectivity index (χ0) is 10.7. The van der Waals surface area contributed by atoms with E-state index in [9.17, 15) is 5.11 Å². The minimum atomic E-state index is 0.315. The second-order valence-corrected chi connectivity index (χ2v) is 3.35. The Morgan fingerprint density at radius 1 is 1.13 bits per heavy atom. The largest absolute Gasteiger partial charge is 0.507 e. The van der Waals surface area contributed by atoms with Crippen LogP contribution in [0.4, 0.5) is 5.69 Å². The van der Waals surface area contributed by atoms with Crippen molar-refractivity contribution in [3.8, 4) is 5.75 Å². The third kappa shape index (κ3) is 1.79. The van der Waals surface area contributed by atoms with Crippen LogP contribution in [0.5, 0.6) is 5.75 Å². The Bertz CT molecular complexity index is 491. The molecule has 0 unspecified atom stereocenters. The van der Waals surface area contributed by atoms with E-state index in [1.807, 2.05) is 36.4 Å². The zero-order valence-corrected chi connectivity index (χ0v) is 8.40. The highest BCUT2D eigenvalue weighted by Crippen LogP contribution is 2.29. The molecule has 15 heavy (non-hydrogen) atoms. The lowest BCUT2D eigenvalue weighted by Crippen LogP contribution is -1.97. The molecule has 0 saturated heterocycles. The number of nitrogens with one attached hydrogen (secondary N) is 1. The lowest BCUT2D eigenvalue weighted by molar-refractivity contribution is 0.481. The molecule has 2 rings (SSSR count). The van der Waals surface area contributed by atoms with Crippen LogP contribution in [-0.4, -0.2) is 11.7 Å². The summed E-state index contributed by atoms with van der Waals surface area (Å²) in [6, 6.07) is 11.3. The van der Waals surface area contributed by atoms with E-state index >= 15 is 0 Å². The van der Waals surface area contributed by atoms with Gasteiger partial charge in [-0.3, -0.25) is 0 Å². The molecule has 2 N–H and O–H groups in total. The average Bonchev–Trinajstić information content (AvgIpc) is 2.27. The lowest BCUT2D eigenvalue weighted by atomic mass is 10.1. The van der Waals surface area contributed by atoms with Gasteiger partial charge in [0.15, 0.2) is 0 Å². The number of hydrogen-bond acceptors (Lipinski definition) is 2. The molecule has 0 aliphatic carbocycles. The summed E-state index contributed by atoms with van der Waals surface area (Å²) < 4.78 is 0. The summed E-state index contributed by atoms with van der Waals surface area (Å²) in [6.07, 6.45) is 1.81. The van der Waals surface area contributed by atoms with Gasteiger partial charge in [-0.2, -0.15) is 0 Å². The normalized spacial score (nSPS) is 10.1. The Balaban J connectivity index is 2.55. The maximum Gasteiger partial charge on any atom is 0.123 e. The molecule has 0 fully saturated rings. The fourth-order valence-corrected chi connectivity index (χ4v) is 1.63. The molecule has 2 nitrogen and oxygen atoms in total. The molecule has 0 aliphatic rings. The number of benzene rings is 2. The molecule has 0 aliphatic heterocycles. The van der Waals surface area contributed by atoms with Crippen LogP contribution in [-0.2, 0) is 0 Å². The van der Waals surface area contributed by atoms with E-state index < -0.39 is 0 Å². The molecule has 76 valence electrons. The second kappa shape index (κ2) is 4.05. The molecule has 0 heterocycles. The van der Waals surface area contributed by atoms with Gasteiger partial charge in [0, 0.05) is 23.0 Å². The predicted molar refractivity (Wildman–Crippen MR) is 64.3 cm³/mol. The van der Waals surface area contributed by atoms with Crippen LogP contribution >= 0.6 is 0 Å². The Labute approximate surface area is 88.9 Å². The average molecular weight is 199 g/mol. The van der Waals surface area contributed by atoms with Crippen LogP contribution in [0.1, 0.15) is 0 Å². The highest BCUT2D eigenvalue weighted by molar-refractivity contribution is 5.97. The number of anilines is 1. The predicted octanol–water partition coefficient (Wildman–Crippen LogP) is 3.14. The van der Waals surface area contributed by atoms with Crippen molar-refractivity contribution < 1.29 is 5.11 Å². The van der Waals surface area contributed by atoms with E-state index in [1.54, 1.807) is 6.07 Å². The molecule has 0 amide bonds. The first kappa shape index (κ1) is 9.59. The number of rotatable bonds is 3. The van der Waals surface area contributed by atoms with Crippen molar-refractivity contribution in [3.63, 3.8) is 0 Å². The van der Waals surface area contributed by atoms with Crippen LogP contribution in [0.3, 0.4) is 0 Å². The molecule has 0 spiro atoms. The number of phenols is 1. The highest BCUT2D eigenvalue weighted by Gasteiger charge is 2.02. The van der Waals surface area contributed by atoms with Crippen LogP contribution in [0.2, 0.25) is 0 Å². The number of phenolic OH excluding ortho intramolecular Hbond substituents is 1. The van der Waals surface area contributed by atoms with Gasteiger partial charge in [0.05, 0.1) is 0 Å². The van der Waals surface area contributed by atoms with Gasteiger partial charge in [-0.05, 0) is 12.1 Å². The second-order valence-electron chi connectivity index (χ2n) is 3.35. The summed E-state index contributed by atoms with van der Waals surface area (Å²) in [5.74, 6) is 0.315. The van der Waals surface area contributed by atoms with Crippen LogP contribution in [0, 0.1) is 0 Å². The van der Waals surface area contributed by atoms with Crippen molar-refractivity contribution >= 4 is 16.5 Å². The Hall–Kier alpha value is -1.96. The van der Waals surface area contributed by atoms with Crippen molar-refractivity contribution in [2.24, 2.45) is 0 Å². The number of hydrogen-bond donors (Lipinski definition) is 2. The van der Waals surface area contributed by atoms with Crippen LogP contribution in [0.25, 0.3) is 10.8 Å². The van der Waals surface area contributed by atoms with Gasteiger partial charge >= 0.3 is 0 Å². The summed E-state index contributed by atoms with van der Waals surface area (Å²) >= 11 is 0. The quantitative estimate of drug-likeness (QED) is 0.744. The van der Waals surface area contributed by atoms with Gasteiger partial charge in [0.2, 0.25) is 0 Å². The molecule has 0 bridgehead atoms. The molecule has 0 saturated carbocycles. The van der Waals surface area contributed by atoms with Crippen molar-refractivity contribution in [2.75, 3.05) is 11.9 Å². The fraction of sp³-hybridized carbons (Fsp3) is 0.0769. The molecular weight excluding hydrogens is 186 g/mol. The van der Waals surface area contributed by atoms with E-state index in [1.165, 1.54) is 0 Å². The first-order chi connectivity index (χ1) is 7.33. The smallest absolute Gasteiger partial charge is 0.123 e. The first-order valence-electron chi connectivity index (χ1n) is 4.88. The summed E-state index contributed by atoms with van der Waals surface area (Å²) in [7, 11) is 0. The topological polar surface area (TPSA) is 32.3 Å². The Morgan fingerprint density at radius 2 is 1.87 bits per heavy atom. The summed E-state index contributed by atoms with van der Waals surface area (Å²) in [5.41, 5.74) is 1.02. The van der Waals surface area contributed by atoms with Gasteiger partial charge in [-0.25, -0.2) is 0 Å². The van der Waals surface area contributed by atoms with Crippen molar-refractivity contribution in [1.82, 2.24) is 0 Å². The molecule has 2 aromatic carbocycles. The fourth-order valence-electron chi connectivity index (χ4n) is 1.63. The van der Waals surface area contributed by atoms with Crippen molar-refractivity contribution in [2.45, 2.75) is 0 Å². The van der Waals surface area contributed by atoms with Gasteiger partial charge < -0.3 is 10.4 Å². The van der Waals surface area contributed by atoms with Crippen molar-refractivity contribution in [1.29, 1.82) is 0 Å². The maximum atomic E-state index is 9.67. The van der Waals surface area contributed by atoms with Gasteiger partial charge in [-0.15, -0.1) is 6.58 Å². The summed E-state index contributed by atoms with van der Waals surface area (Å²) in [4.78, 5) is 0.